The highest BCUT2D eigenvalue weighted by Crippen LogP contribution is 2.16. The third kappa shape index (κ3) is 37.4. The quantitative estimate of drug-likeness (QED) is 0.0253. The van der Waals surface area contributed by atoms with E-state index < -0.39 is 24.3 Å². The van der Waals surface area contributed by atoms with E-state index in [4.69, 9.17) is 9.47 Å². The molecule has 0 saturated carbocycles. The Morgan fingerprint density at radius 2 is 1.11 bits per heavy atom. The highest BCUT2D eigenvalue weighted by molar-refractivity contribution is 5.70. The predicted molar refractivity (Wildman–Crippen MR) is 221 cm³/mol. The molecule has 0 heterocycles. The minimum absolute atomic E-state index is 0.144. The standard InChI is InChI=1S/C46H78O7/c1-4-6-25-33-42(48)35-28-23-24-29-36-43(49)34-27-20-17-18-21-30-37-45(50)52-40-44(39-47)53-46(51)38-31-22-16-14-12-10-8-7-9-11-13-15-19-26-32-41(3)5-2/h6,18,20-21,23-25,27-29,35-36,41-44,47-49H,4-5,7-17,19,22,26,30-34,37-40H2,1-3H3/b21-18-,24-23-,25-6-,27-20-,35-28+,36-29+/t41?,42-,43+,44+/m1/s1. The van der Waals surface area contributed by atoms with Gasteiger partial charge in [-0.05, 0) is 44.4 Å². The second-order valence-corrected chi connectivity index (χ2v) is 14.3. The van der Waals surface area contributed by atoms with Gasteiger partial charge in [0, 0.05) is 12.8 Å². The molecule has 7 heteroatoms. The fourth-order valence-electron chi connectivity index (χ4n) is 5.61. The molecular weight excluding hydrogens is 664 g/mol. The first kappa shape index (κ1) is 50.3. The summed E-state index contributed by atoms with van der Waals surface area (Å²) in [4.78, 5) is 24.3. The van der Waals surface area contributed by atoms with Crippen molar-refractivity contribution in [2.45, 2.75) is 187 Å². The number of aliphatic hydroxyl groups is 3. The highest BCUT2D eigenvalue weighted by Gasteiger charge is 2.16. The molecule has 7 nitrogen and oxygen atoms in total. The van der Waals surface area contributed by atoms with Crippen molar-refractivity contribution in [2.24, 2.45) is 5.92 Å². The lowest BCUT2D eigenvalue weighted by Crippen LogP contribution is -2.28. The van der Waals surface area contributed by atoms with Crippen LogP contribution in [0.2, 0.25) is 0 Å². The molecule has 0 aromatic rings. The number of ether oxygens (including phenoxy) is 2. The Bertz CT molecular complexity index is 1020. The third-order valence-corrected chi connectivity index (χ3v) is 9.23. The van der Waals surface area contributed by atoms with E-state index in [1.165, 1.54) is 83.5 Å². The van der Waals surface area contributed by atoms with Gasteiger partial charge in [0.25, 0.3) is 0 Å². The van der Waals surface area contributed by atoms with Crippen molar-refractivity contribution in [3.05, 3.63) is 72.9 Å². The maximum Gasteiger partial charge on any atom is 0.306 e. The second-order valence-electron chi connectivity index (χ2n) is 14.3. The van der Waals surface area contributed by atoms with E-state index >= 15 is 0 Å². The first-order valence-electron chi connectivity index (χ1n) is 21.1. The number of esters is 2. The molecule has 53 heavy (non-hydrogen) atoms. The average Bonchev–Trinajstić information content (AvgIpc) is 3.15. The summed E-state index contributed by atoms with van der Waals surface area (Å²) in [5, 5.41) is 29.4. The van der Waals surface area contributed by atoms with Crippen LogP contribution in [0.3, 0.4) is 0 Å². The molecule has 0 saturated heterocycles. The molecule has 0 aliphatic carbocycles. The van der Waals surface area contributed by atoms with E-state index in [-0.39, 0.29) is 25.6 Å². The van der Waals surface area contributed by atoms with Gasteiger partial charge in [0.2, 0.25) is 0 Å². The SMILES string of the molecule is CC/C=C\C[C@@H](O)/C=C/C=C\C=C\[C@@H](O)C/C=C\C/C=C\CCC(=O)OC[C@H](CO)OC(=O)CCCCCCCCCCCCCCCCC(C)CC. The number of rotatable bonds is 36. The number of allylic oxidation sites excluding steroid dienone is 8. The van der Waals surface area contributed by atoms with Crippen molar-refractivity contribution in [1.82, 2.24) is 0 Å². The average molecular weight is 743 g/mol. The third-order valence-electron chi connectivity index (χ3n) is 9.23. The fraction of sp³-hybridized carbons (Fsp3) is 0.696. The maximum absolute atomic E-state index is 12.2. The number of hydrogen-bond acceptors (Lipinski definition) is 7. The van der Waals surface area contributed by atoms with E-state index in [1.807, 2.05) is 48.6 Å². The van der Waals surface area contributed by atoms with Gasteiger partial charge < -0.3 is 24.8 Å². The maximum atomic E-state index is 12.2. The fourth-order valence-corrected chi connectivity index (χ4v) is 5.61. The van der Waals surface area contributed by atoms with Crippen molar-refractivity contribution in [3.8, 4) is 0 Å². The number of carbonyl (C=O) groups is 2. The van der Waals surface area contributed by atoms with Crippen LogP contribution in [-0.4, -0.2) is 58.8 Å². The summed E-state index contributed by atoms with van der Waals surface area (Å²) in [6, 6.07) is 0. The monoisotopic (exact) mass is 743 g/mol. The molecular formula is C46H78O7. The summed E-state index contributed by atoms with van der Waals surface area (Å²) >= 11 is 0. The van der Waals surface area contributed by atoms with Gasteiger partial charge >= 0.3 is 11.9 Å². The van der Waals surface area contributed by atoms with Crippen molar-refractivity contribution >= 4 is 11.9 Å². The molecule has 304 valence electrons. The van der Waals surface area contributed by atoms with Gasteiger partial charge in [-0.3, -0.25) is 9.59 Å². The van der Waals surface area contributed by atoms with Crippen LogP contribution in [-0.2, 0) is 19.1 Å². The molecule has 0 radical (unpaired) electrons. The van der Waals surface area contributed by atoms with Gasteiger partial charge in [-0.15, -0.1) is 0 Å². The lowest BCUT2D eigenvalue weighted by molar-refractivity contribution is -0.161. The molecule has 4 atom stereocenters. The zero-order valence-corrected chi connectivity index (χ0v) is 33.9. The van der Waals surface area contributed by atoms with Crippen LogP contribution in [0.1, 0.15) is 168 Å². The van der Waals surface area contributed by atoms with Gasteiger partial charge in [-0.2, -0.15) is 0 Å². The van der Waals surface area contributed by atoms with Crippen molar-refractivity contribution in [3.63, 3.8) is 0 Å². The largest absolute Gasteiger partial charge is 0.462 e. The molecule has 0 aromatic carbocycles. The minimum atomic E-state index is -0.836. The number of unbranched alkanes of at least 4 members (excludes halogenated alkanes) is 13. The number of carbonyl (C=O) groups excluding carboxylic acids is 2. The van der Waals surface area contributed by atoms with Crippen LogP contribution in [0.25, 0.3) is 0 Å². The number of hydrogen-bond donors (Lipinski definition) is 3. The van der Waals surface area contributed by atoms with Gasteiger partial charge in [0.05, 0.1) is 18.8 Å². The molecule has 1 unspecified atom stereocenters. The zero-order valence-electron chi connectivity index (χ0n) is 33.9. The smallest absolute Gasteiger partial charge is 0.306 e. The van der Waals surface area contributed by atoms with Crippen molar-refractivity contribution < 1.29 is 34.4 Å². The highest BCUT2D eigenvalue weighted by atomic mass is 16.6. The van der Waals surface area contributed by atoms with Crippen molar-refractivity contribution in [1.29, 1.82) is 0 Å². The van der Waals surface area contributed by atoms with E-state index in [9.17, 15) is 24.9 Å². The Labute approximate surface area is 324 Å². The molecule has 0 fully saturated rings. The lowest BCUT2D eigenvalue weighted by atomic mass is 9.99. The summed E-state index contributed by atoms with van der Waals surface area (Å²) in [6.45, 7) is 6.18. The normalized spacial score (nSPS) is 14.8. The molecule has 0 spiro atoms. The van der Waals surface area contributed by atoms with E-state index in [0.29, 0.717) is 32.1 Å². The second kappa shape index (κ2) is 39.0. The van der Waals surface area contributed by atoms with E-state index in [0.717, 1.165) is 31.6 Å². The summed E-state index contributed by atoms with van der Waals surface area (Å²) < 4.78 is 10.5. The van der Waals surface area contributed by atoms with Gasteiger partial charge in [0.1, 0.15) is 6.61 Å². The van der Waals surface area contributed by atoms with Crippen LogP contribution < -0.4 is 0 Å². The molecule has 0 bridgehead atoms. The van der Waals surface area contributed by atoms with Crippen LogP contribution in [0.4, 0.5) is 0 Å². The first-order chi connectivity index (χ1) is 25.8. The van der Waals surface area contributed by atoms with E-state index in [2.05, 4.69) is 20.8 Å². The minimum Gasteiger partial charge on any atom is -0.462 e. The molecule has 3 N–H and O–H groups in total. The van der Waals surface area contributed by atoms with E-state index in [1.54, 1.807) is 24.3 Å². The Morgan fingerprint density at radius 3 is 1.64 bits per heavy atom. The van der Waals surface area contributed by atoms with Crippen LogP contribution in [0.5, 0.6) is 0 Å². The lowest BCUT2D eigenvalue weighted by Gasteiger charge is -2.15. The number of aliphatic hydroxyl groups excluding tert-OH is 3. The zero-order chi connectivity index (χ0) is 39.0. The van der Waals surface area contributed by atoms with Crippen molar-refractivity contribution in [2.75, 3.05) is 13.2 Å². The summed E-state index contributed by atoms with van der Waals surface area (Å²) in [6.07, 6.45) is 44.6. The Morgan fingerprint density at radius 1 is 0.604 bits per heavy atom. The molecule has 0 aliphatic heterocycles. The predicted octanol–water partition coefficient (Wildman–Crippen LogP) is 11.1. The van der Waals surface area contributed by atoms with Gasteiger partial charge in [0.15, 0.2) is 6.10 Å². The van der Waals surface area contributed by atoms with Gasteiger partial charge in [-0.1, -0.05) is 190 Å². The summed E-state index contributed by atoms with van der Waals surface area (Å²) in [5.74, 6) is 0.130. The molecule has 0 amide bonds. The topological polar surface area (TPSA) is 113 Å². The summed E-state index contributed by atoms with van der Waals surface area (Å²) in [5.41, 5.74) is 0. The Hall–Kier alpha value is -2.74. The first-order valence-corrected chi connectivity index (χ1v) is 21.1. The van der Waals surface area contributed by atoms with Crippen LogP contribution in [0.15, 0.2) is 72.9 Å². The molecule has 0 rings (SSSR count). The van der Waals surface area contributed by atoms with Gasteiger partial charge in [-0.25, -0.2) is 0 Å². The Balaban J connectivity index is 3.79. The Kier molecular flexibility index (Phi) is 37.0. The molecule has 0 aromatic heterocycles. The molecule has 0 aliphatic rings. The summed E-state index contributed by atoms with van der Waals surface area (Å²) in [7, 11) is 0. The van der Waals surface area contributed by atoms with Crippen LogP contribution >= 0.6 is 0 Å². The van der Waals surface area contributed by atoms with Crippen LogP contribution in [0, 0.1) is 5.92 Å².